The maximum atomic E-state index is 11.9. The van der Waals surface area contributed by atoms with E-state index >= 15 is 0 Å². The van der Waals surface area contributed by atoms with Gasteiger partial charge in [-0.15, -0.1) is 0 Å². The highest BCUT2D eigenvalue weighted by Gasteiger charge is 2.20. The van der Waals surface area contributed by atoms with Gasteiger partial charge in [0.1, 0.15) is 12.6 Å². The van der Waals surface area contributed by atoms with Crippen molar-refractivity contribution >= 4 is 23.8 Å². The van der Waals surface area contributed by atoms with E-state index in [1.807, 2.05) is 0 Å². The first kappa shape index (κ1) is 19.1. The zero-order chi connectivity index (χ0) is 18.1. The van der Waals surface area contributed by atoms with Crippen LogP contribution in [0.4, 0.5) is 0 Å². The summed E-state index contributed by atoms with van der Waals surface area (Å²) in [5.74, 6) is -3.31. The number of carboxylic acids is 2. The maximum Gasteiger partial charge on any atom is 0.326 e. The van der Waals surface area contributed by atoms with Crippen molar-refractivity contribution in [2.45, 2.75) is 38.8 Å². The number of ether oxygens (including phenoxy) is 1. The van der Waals surface area contributed by atoms with Crippen LogP contribution in [0.1, 0.15) is 30.9 Å². The number of carbonyl (C=O) groups excluding carboxylic acids is 2. The summed E-state index contributed by atoms with van der Waals surface area (Å²) in [4.78, 5) is 44.1. The second kappa shape index (κ2) is 9.29. The lowest BCUT2D eigenvalue weighted by Gasteiger charge is -2.13. The van der Waals surface area contributed by atoms with Gasteiger partial charge in [-0.2, -0.15) is 0 Å². The van der Waals surface area contributed by atoms with Gasteiger partial charge in [-0.25, -0.2) is 4.79 Å². The Morgan fingerprint density at radius 3 is 2.17 bits per heavy atom. The minimum absolute atomic E-state index is 0.0370. The number of hydrogen-bond donors (Lipinski definition) is 3. The van der Waals surface area contributed by atoms with E-state index in [2.05, 4.69) is 5.32 Å². The number of benzene rings is 1. The Balaban J connectivity index is 2.54. The topological polar surface area (TPSA) is 130 Å². The first-order chi connectivity index (χ1) is 11.3. The maximum absolute atomic E-state index is 11.9. The van der Waals surface area contributed by atoms with E-state index in [0.29, 0.717) is 5.56 Å². The van der Waals surface area contributed by atoms with Crippen LogP contribution in [-0.2, 0) is 36.9 Å². The van der Waals surface area contributed by atoms with Gasteiger partial charge >= 0.3 is 17.9 Å². The molecule has 3 N–H and O–H groups in total. The molecule has 0 heterocycles. The van der Waals surface area contributed by atoms with Crippen LogP contribution in [-0.4, -0.2) is 40.1 Å². The Kier molecular flexibility index (Phi) is 7.41. The fourth-order valence-electron chi connectivity index (χ4n) is 1.89. The average Bonchev–Trinajstić information content (AvgIpc) is 2.50. The second-order valence-electron chi connectivity index (χ2n) is 5.16. The van der Waals surface area contributed by atoms with Crippen molar-refractivity contribution < 1.29 is 34.1 Å². The van der Waals surface area contributed by atoms with Crippen LogP contribution in [0, 0.1) is 0 Å². The van der Waals surface area contributed by atoms with Crippen LogP contribution in [0.5, 0.6) is 0 Å². The predicted molar refractivity (Wildman–Crippen MR) is 82.1 cm³/mol. The largest absolute Gasteiger partial charge is 0.481 e. The van der Waals surface area contributed by atoms with E-state index in [4.69, 9.17) is 14.9 Å². The summed E-state index contributed by atoms with van der Waals surface area (Å²) < 4.78 is 4.84. The van der Waals surface area contributed by atoms with Crippen molar-refractivity contribution in [3.8, 4) is 0 Å². The molecule has 0 unspecified atom stereocenters. The van der Waals surface area contributed by atoms with Gasteiger partial charge in [-0.1, -0.05) is 24.3 Å². The molecule has 24 heavy (non-hydrogen) atoms. The SMILES string of the molecule is CC(=O)OCc1ccc(CC(=O)N[C@@H](CCC(=O)O)C(=O)O)cc1. The van der Waals surface area contributed by atoms with Crippen molar-refractivity contribution in [3.63, 3.8) is 0 Å². The Labute approximate surface area is 138 Å². The quantitative estimate of drug-likeness (QED) is 0.566. The fourth-order valence-corrected chi connectivity index (χ4v) is 1.89. The minimum atomic E-state index is -1.28. The normalized spacial score (nSPS) is 11.4. The van der Waals surface area contributed by atoms with Gasteiger partial charge in [0.05, 0.1) is 6.42 Å². The van der Waals surface area contributed by atoms with Crippen LogP contribution < -0.4 is 5.32 Å². The van der Waals surface area contributed by atoms with Crippen LogP contribution in [0.3, 0.4) is 0 Å². The molecule has 8 heteroatoms. The average molecular weight is 337 g/mol. The van der Waals surface area contributed by atoms with E-state index in [9.17, 15) is 19.2 Å². The van der Waals surface area contributed by atoms with Crippen molar-refractivity contribution in [1.29, 1.82) is 0 Å². The highest BCUT2D eigenvalue weighted by molar-refractivity contribution is 5.85. The van der Waals surface area contributed by atoms with Gasteiger partial charge in [0.15, 0.2) is 0 Å². The molecule has 1 rings (SSSR count). The molecule has 0 saturated carbocycles. The highest BCUT2D eigenvalue weighted by atomic mass is 16.5. The molecular weight excluding hydrogens is 318 g/mol. The Morgan fingerprint density at radius 2 is 1.67 bits per heavy atom. The third kappa shape index (κ3) is 7.39. The fraction of sp³-hybridized carbons (Fsp3) is 0.375. The number of hydrogen-bond acceptors (Lipinski definition) is 5. The Bertz CT molecular complexity index is 609. The van der Waals surface area contributed by atoms with Crippen molar-refractivity contribution in [2.24, 2.45) is 0 Å². The molecule has 1 atom stereocenters. The van der Waals surface area contributed by atoms with Gasteiger partial charge in [-0.3, -0.25) is 14.4 Å². The van der Waals surface area contributed by atoms with Crippen molar-refractivity contribution in [1.82, 2.24) is 5.32 Å². The van der Waals surface area contributed by atoms with Gasteiger partial charge in [-0.05, 0) is 17.5 Å². The molecule has 0 spiro atoms. The summed E-state index contributed by atoms with van der Waals surface area (Å²) >= 11 is 0. The highest BCUT2D eigenvalue weighted by Crippen LogP contribution is 2.07. The molecule has 0 radical (unpaired) electrons. The lowest BCUT2D eigenvalue weighted by Crippen LogP contribution is -2.41. The second-order valence-corrected chi connectivity index (χ2v) is 5.16. The van der Waals surface area contributed by atoms with Gasteiger partial charge in [0, 0.05) is 13.3 Å². The van der Waals surface area contributed by atoms with Crippen molar-refractivity contribution in [3.05, 3.63) is 35.4 Å². The van der Waals surface area contributed by atoms with Gasteiger partial charge < -0.3 is 20.3 Å². The first-order valence-electron chi connectivity index (χ1n) is 7.23. The predicted octanol–water partition coefficient (Wildman–Crippen LogP) is 0.726. The molecule has 1 amide bonds. The van der Waals surface area contributed by atoms with Crippen LogP contribution >= 0.6 is 0 Å². The monoisotopic (exact) mass is 337 g/mol. The van der Waals surface area contributed by atoms with E-state index in [-0.39, 0.29) is 31.8 Å². The third-order valence-electron chi connectivity index (χ3n) is 3.11. The Morgan fingerprint density at radius 1 is 1.08 bits per heavy atom. The smallest absolute Gasteiger partial charge is 0.326 e. The number of amides is 1. The molecule has 8 nitrogen and oxygen atoms in total. The summed E-state index contributed by atoms with van der Waals surface area (Å²) in [6, 6.07) is 5.50. The van der Waals surface area contributed by atoms with Crippen molar-refractivity contribution in [2.75, 3.05) is 0 Å². The first-order valence-corrected chi connectivity index (χ1v) is 7.23. The minimum Gasteiger partial charge on any atom is -0.481 e. The van der Waals surface area contributed by atoms with Crippen LogP contribution in [0.2, 0.25) is 0 Å². The molecule has 0 aromatic heterocycles. The molecule has 130 valence electrons. The Hall–Kier alpha value is -2.90. The van der Waals surface area contributed by atoms with Gasteiger partial charge in [0.25, 0.3) is 0 Å². The van der Waals surface area contributed by atoms with E-state index in [0.717, 1.165) is 5.56 Å². The lowest BCUT2D eigenvalue weighted by atomic mass is 10.1. The number of carbonyl (C=O) groups is 4. The third-order valence-corrected chi connectivity index (χ3v) is 3.11. The van der Waals surface area contributed by atoms with E-state index in [1.165, 1.54) is 6.92 Å². The molecular formula is C16H19NO7. The molecule has 0 saturated heterocycles. The molecule has 0 aliphatic heterocycles. The zero-order valence-electron chi connectivity index (χ0n) is 13.2. The summed E-state index contributed by atoms with van der Waals surface area (Å²) in [6.45, 7) is 1.44. The van der Waals surface area contributed by atoms with E-state index in [1.54, 1.807) is 24.3 Å². The van der Waals surface area contributed by atoms with Crippen LogP contribution in [0.15, 0.2) is 24.3 Å². The summed E-state index contributed by atoms with van der Waals surface area (Å²) in [6.07, 6.45) is -0.565. The molecule has 0 aliphatic rings. The lowest BCUT2D eigenvalue weighted by molar-refractivity contribution is -0.143. The zero-order valence-corrected chi connectivity index (χ0v) is 13.2. The molecule has 0 aliphatic carbocycles. The van der Waals surface area contributed by atoms with Gasteiger partial charge in [0.2, 0.25) is 5.91 Å². The molecule has 1 aromatic carbocycles. The number of aliphatic carboxylic acids is 2. The standard InChI is InChI=1S/C16H19NO7/c1-10(18)24-9-12-4-2-11(3-5-12)8-14(19)17-13(16(22)23)6-7-15(20)21/h2-5,13H,6-9H2,1H3,(H,17,19)(H,20,21)(H,22,23)/t13-/m0/s1. The number of rotatable bonds is 9. The molecule has 1 aromatic rings. The number of nitrogens with one attached hydrogen (secondary N) is 1. The molecule has 0 fully saturated rings. The van der Waals surface area contributed by atoms with E-state index < -0.39 is 23.9 Å². The number of carboxylic acid groups (broad SMARTS) is 2. The molecule has 0 bridgehead atoms. The summed E-state index contributed by atoms with van der Waals surface area (Å²) in [7, 11) is 0. The van der Waals surface area contributed by atoms with Crippen LogP contribution in [0.25, 0.3) is 0 Å². The number of esters is 1. The summed E-state index contributed by atoms with van der Waals surface area (Å²) in [5, 5.41) is 19.9. The summed E-state index contributed by atoms with van der Waals surface area (Å²) in [5.41, 5.74) is 1.42.